The van der Waals surface area contributed by atoms with Crippen LogP contribution in [0.3, 0.4) is 0 Å². The number of esters is 1. The number of hydrogen-bond donors (Lipinski definition) is 1. The summed E-state index contributed by atoms with van der Waals surface area (Å²) in [6.07, 6.45) is 5.39. The average Bonchev–Trinajstić information content (AvgIpc) is 2.68. The predicted octanol–water partition coefficient (Wildman–Crippen LogP) is 3.06. The molecule has 0 unspecified atom stereocenters. The molecule has 28 heavy (non-hydrogen) atoms. The van der Waals surface area contributed by atoms with Crippen molar-refractivity contribution in [2.75, 3.05) is 7.11 Å². The monoisotopic (exact) mass is 402 g/mol. The number of nitrogens with zero attached hydrogens (tertiary/aromatic N) is 2. The van der Waals surface area contributed by atoms with E-state index in [9.17, 15) is 23.9 Å². The van der Waals surface area contributed by atoms with Gasteiger partial charge in [-0.3, -0.25) is 9.78 Å². The third kappa shape index (κ3) is 3.49. The van der Waals surface area contributed by atoms with Gasteiger partial charge < -0.3 is 14.4 Å². The van der Waals surface area contributed by atoms with Crippen LogP contribution in [0.5, 0.6) is 0 Å². The second-order valence-corrected chi connectivity index (χ2v) is 6.04. The number of halogens is 2. The smallest absolute Gasteiger partial charge is 0.355 e. The topological polar surface area (TPSA) is 98.5 Å². The summed E-state index contributed by atoms with van der Waals surface area (Å²) < 4.78 is 19.9. The molecule has 0 aliphatic carbocycles. The van der Waals surface area contributed by atoms with Crippen molar-refractivity contribution >= 4 is 46.2 Å². The van der Waals surface area contributed by atoms with Gasteiger partial charge in [-0.15, -0.1) is 0 Å². The number of fused-ring (bicyclic) bond motifs is 1. The summed E-state index contributed by atoms with van der Waals surface area (Å²) in [5, 5.41) is 8.83. The molecular formula is C19H12ClFN2O5. The highest BCUT2D eigenvalue weighted by Gasteiger charge is 2.21. The molecule has 0 aliphatic heterocycles. The maximum atomic E-state index is 13.9. The van der Waals surface area contributed by atoms with Crippen LogP contribution in [0.1, 0.15) is 15.9 Å². The number of carboxylic acid groups (broad SMARTS) is 1. The van der Waals surface area contributed by atoms with E-state index in [-0.39, 0.29) is 21.6 Å². The van der Waals surface area contributed by atoms with E-state index in [1.807, 2.05) is 0 Å². The van der Waals surface area contributed by atoms with Gasteiger partial charge in [0, 0.05) is 24.0 Å². The van der Waals surface area contributed by atoms with Crippen LogP contribution in [-0.2, 0) is 9.53 Å². The second kappa shape index (κ2) is 7.61. The van der Waals surface area contributed by atoms with E-state index in [4.69, 9.17) is 16.3 Å². The lowest BCUT2D eigenvalue weighted by Crippen LogP contribution is -2.21. The standard InChI is InChI=1S/C19H12ClFN2O5/c1-28-19(27)16(6-10-2-4-22-5-3-10)23-9-12(18(25)26)17(24)11-7-14(21)13(20)8-15(11)23/h2-9H,1H3,(H,25,26)/b16-6+. The number of rotatable bonds is 4. The summed E-state index contributed by atoms with van der Waals surface area (Å²) in [4.78, 5) is 40.3. The number of carboxylic acids is 1. The Morgan fingerprint density at radius 3 is 2.57 bits per heavy atom. The van der Waals surface area contributed by atoms with Gasteiger partial charge in [0.1, 0.15) is 17.1 Å². The first-order valence-electron chi connectivity index (χ1n) is 7.81. The van der Waals surface area contributed by atoms with E-state index in [2.05, 4.69) is 4.98 Å². The number of carbonyl (C=O) groups is 2. The lowest BCUT2D eigenvalue weighted by molar-refractivity contribution is -0.134. The fourth-order valence-corrected chi connectivity index (χ4v) is 2.78. The number of methoxy groups -OCH3 is 1. The summed E-state index contributed by atoms with van der Waals surface area (Å²) in [6, 6.07) is 5.20. The zero-order valence-electron chi connectivity index (χ0n) is 14.3. The van der Waals surface area contributed by atoms with E-state index in [0.717, 1.165) is 30.0 Å². The van der Waals surface area contributed by atoms with Gasteiger partial charge in [-0.1, -0.05) is 11.6 Å². The molecule has 3 rings (SSSR count). The zero-order valence-corrected chi connectivity index (χ0v) is 15.1. The number of aromatic carboxylic acids is 1. The molecule has 7 nitrogen and oxygen atoms in total. The van der Waals surface area contributed by atoms with E-state index in [0.29, 0.717) is 5.56 Å². The highest BCUT2D eigenvalue weighted by Crippen LogP contribution is 2.25. The Bertz CT molecular complexity index is 1190. The number of hydrogen-bond acceptors (Lipinski definition) is 5. The minimum absolute atomic E-state index is 0.0482. The van der Waals surface area contributed by atoms with Crippen LogP contribution < -0.4 is 5.43 Å². The Morgan fingerprint density at radius 1 is 1.29 bits per heavy atom. The predicted molar refractivity (Wildman–Crippen MR) is 101 cm³/mol. The number of ether oxygens (including phenoxy) is 1. The summed E-state index contributed by atoms with van der Waals surface area (Å²) >= 11 is 5.84. The maximum absolute atomic E-state index is 13.9. The first-order valence-corrected chi connectivity index (χ1v) is 8.19. The Morgan fingerprint density at radius 2 is 1.96 bits per heavy atom. The molecule has 0 saturated carbocycles. The van der Waals surface area contributed by atoms with Crippen LogP contribution >= 0.6 is 11.6 Å². The SMILES string of the molecule is COC(=O)/C(=C\c1ccncc1)n1cc(C(=O)O)c(=O)c2cc(F)c(Cl)cc21. The van der Waals surface area contributed by atoms with Crippen LogP contribution in [0, 0.1) is 5.82 Å². The minimum atomic E-state index is -1.52. The number of pyridine rings is 2. The molecule has 0 bridgehead atoms. The van der Waals surface area contributed by atoms with Crippen LogP contribution in [0.25, 0.3) is 22.7 Å². The minimum Gasteiger partial charge on any atom is -0.477 e. The maximum Gasteiger partial charge on any atom is 0.355 e. The van der Waals surface area contributed by atoms with Crippen molar-refractivity contribution < 1.29 is 23.8 Å². The van der Waals surface area contributed by atoms with Crippen molar-refractivity contribution in [1.82, 2.24) is 9.55 Å². The van der Waals surface area contributed by atoms with E-state index in [1.54, 1.807) is 12.1 Å². The van der Waals surface area contributed by atoms with Gasteiger partial charge in [-0.05, 0) is 35.9 Å². The Hall–Kier alpha value is -3.52. The van der Waals surface area contributed by atoms with E-state index >= 15 is 0 Å². The first-order chi connectivity index (χ1) is 13.3. The third-order valence-corrected chi connectivity index (χ3v) is 4.23. The Kier molecular flexibility index (Phi) is 5.23. The first kappa shape index (κ1) is 19.2. The van der Waals surface area contributed by atoms with Crippen molar-refractivity contribution in [2.24, 2.45) is 0 Å². The molecule has 0 amide bonds. The molecule has 0 fully saturated rings. The van der Waals surface area contributed by atoms with Gasteiger partial charge in [0.25, 0.3) is 0 Å². The summed E-state index contributed by atoms with van der Waals surface area (Å²) in [5.41, 5.74) is -1.04. The van der Waals surface area contributed by atoms with Gasteiger partial charge in [-0.25, -0.2) is 14.0 Å². The van der Waals surface area contributed by atoms with Crippen molar-refractivity contribution in [3.8, 4) is 0 Å². The summed E-state index contributed by atoms with van der Waals surface area (Å²) in [5.74, 6) is -3.22. The van der Waals surface area contributed by atoms with Crippen LogP contribution in [0.15, 0.2) is 47.7 Å². The van der Waals surface area contributed by atoms with Crippen molar-refractivity contribution in [3.05, 3.63) is 75.0 Å². The van der Waals surface area contributed by atoms with Crippen molar-refractivity contribution in [2.45, 2.75) is 0 Å². The zero-order chi connectivity index (χ0) is 20.4. The molecule has 0 aliphatic rings. The lowest BCUT2D eigenvalue weighted by atomic mass is 10.1. The highest BCUT2D eigenvalue weighted by molar-refractivity contribution is 6.31. The average molecular weight is 403 g/mol. The van der Waals surface area contributed by atoms with Gasteiger partial charge in [0.2, 0.25) is 5.43 Å². The molecule has 3 aromatic rings. The molecule has 1 N–H and O–H groups in total. The Balaban J connectivity index is 2.44. The summed E-state index contributed by atoms with van der Waals surface area (Å²) in [7, 11) is 1.15. The fraction of sp³-hybridized carbons (Fsp3) is 0.0526. The van der Waals surface area contributed by atoms with Gasteiger partial charge >= 0.3 is 11.9 Å². The van der Waals surface area contributed by atoms with Crippen LogP contribution in [-0.4, -0.2) is 33.7 Å². The molecule has 1 aromatic carbocycles. The highest BCUT2D eigenvalue weighted by atomic mass is 35.5. The normalized spacial score (nSPS) is 11.5. The van der Waals surface area contributed by atoms with Crippen LogP contribution in [0.2, 0.25) is 5.02 Å². The molecular weight excluding hydrogens is 391 g/mol. The van der Waals surface area contributed by atoms with Gasteiger partial charge in [-0.2, -0.15) is 0 Å². The molecule has 142 valence electrons. The quantitative estimate of drug-likeness (QED) is 0.532. The molecule has 9 heteroatoms. The Labute approximate surface area is 162 Å². The summed E-state index contributed by atoms with van der Waals surface area (Å²) in [6.45, 7) is 0. The molecule has 0 atom stereocenters. The van der Waals surface area contributed by atoms with Crippen LogP contribution in [0.4, 0.5) is 4.39 Å². The van der Waals surface area contributed by atoms with Gasteiger partial charge in [0.15, 0.2) is 0 Å². The molecule has 0 saturated heterocycles. The van der Waals surface area contributed by atoms with Gasteiger partial charge in [0.05, 0.1) is 17.6 Å². The third-order valence-electron chi connectivity index (χ3n) is 3.94. The second-order valence-electron chi connectivity index (χ2n) is 5.63. The molecule has 2 aromatic heterocycles. The molecule has 0 spiro atoms. The van der Waals surface area contributed by atoms with E-state index in [1.165, 1.54) is 18.5 Å². The largest absolute Gasteiger partial charge is 0.477 e. The molecule has 2 heterocycles. The van der Waals surface area contributed by atoms with E-state index < -0.39 is 28.7 Å². The fourth-order valence-electron chi connectivity index (χ4n) is 2.62. The number of benzene rings is 1. The number of carbonyl (C=O) groups excluding carboxylic acids is 1. The lowest BCUT2D eigenvalue weighted by Gasteiger charge is -2.15. The molecule has 0 radical (unpaired) electrons. The number of aromatic nitrogens is 2. The van der Waals surface area contributed by atoms with Crippen molar-refractivity contribution in [3.63, 3.8) is 0 Å². The van der Waals surface area contributed by atoms with Crippen molar-refractivity contribution in [1.29, 1.82) is 0 Å².